The largest absolute Gasteiger partial charge is 0.389 e. The Balaban J connectivity index is 1.65. The Hall–Kier alpha value is -3.28. The van der Waals surface area contributed by atoms with Crippen molar-refractivity contribution in [1.82, 2.24) is 24.5 Å². The molecule has 2 aromatic rings. The Labute approximate surface area is 160 Å². The summed E-state index contributed by atoms with van der Waals surface area (Å²) in [5.74, 6) is -0.825. The van der Waals surface area contributed by atoms with Gasteiger partial charge in [0.15, 0.2) is 0 Å². The number of hydrogen-bond acceptors (Lipinski definition) is 7. The van der Waals surface area contributed by atoms with Crippen molar-refractivity contribution in [3.8, 4) is 0 Å². The smallest absolute Gasteiger partial charge is 0.378 e. The number of anilines is 1. The van der Waals surface area contributed by atoms with Gasteiger partial charge >= 0.3 is 5.82 Å². The van der Waals surface area contributed by atoms with Crippen LogP contribution in [0.3, 0.4) is 0 Å². The van der Waals surface area contributed by atoms with Crippen molar-refractivity contribution in [3.63, 3.8) is 0 Å². The highest BCUT2D eigenvalue weighted by Crippen LogP contribution is 2.19. The molecule has 0 aliphatic carbocycles. The number of nitro groups is 1. The second-order valence-corrected chi connectivity index (χ2v) is 6.12. The minimum atomic E-state index is -0.598. The van der Waals surface area contributed by atoms with E-state index in [0.717, 1.165) is 0 Å². The maximum Gasteiger partial charge on any atom is 0.389 e. The zero-order valence-electron chi connectivity index (χ0n) is 15.4. The van der Waals surface area contributed by atoms with Crippen molar-refractivity contribution in [3.05, 3.63) is 34.3 Å². The molecule has 0 bridgehead atoms. The van der Waals surface area contributed by atoms with Crippen molar-refractivity contribution in [2.75, 3.05) is 31.6 Å². The topological polar surface area (TPSA) is 137 Å². The summed E-state index contributed by atoms with van der Waals surface area (Å²) in [5.41, 5.74) is 0.669. The van der Waals surface area contributed by atoms with Gasteiger partial charge in [0.2, 0.25) is 5.91 Å². The Morgan fingerprint density at radius 1 is 1.36 bits per heavy atom. The molecule has 0 spiro atoms. The van der Waals surface area contributed by atoms with Crippen molar-refractivity contribution in [2.24, 2.45) is 0 Å². The number of rotatable bonds is 7. The number of amides is 2. The highest BCUT2D eigenvalue weighted by molar-refractivity contribution is 6.02. The summed E-state index contributed by atoms with van der Waals surface area (Å²) in [7, 11) is 0. The lowest BCUT2D eigenvalue weighted by Crippen LogP contribution is -2.41. The maximum absolute atomic E-state index is 12.9. The van der Waals surface area contributed by atoms with Crippen LogP contribution in [0.15, 0.2) is 18.5 Å². The van der Waals surface area contributed by atoms with Crippen molar-refractivity contribution in [1.29, 1.82) is 0 Å². The average molecular weight is 391 g/mol. The second-order valence-electron chi connectivity index (χ2n) is 6.12. The molecule has 1 N–H and O–H groups in total. The lowest BCUT2D eigenvalue weighted by atomic mass is 10.2. The Morgan fingerprint density at radius 3 is 2.75 bits per heavy atom. The van der Waals surface area contributed by atoms with Gasteiger partial charge in [0, 0.05) is 26.1 Å². The fourth-order valence-corrected chi connectivity index (χ4v) is 2.86. The maximum atomic E-state index is 12.9. The molecule has 2 amide bonds. The highest BCUT2D eigenvalue weighted by Gasteiger charge is 2.26. The first-order chi connectivity index (χ1) is 13.5. The van der Waals surface area contributed by atoms with Crippen LogP contribution < -0.4 is 5.32 Å². The number of hydrogen-bond donors (Lipinski definition) is 1. The number of ether oxygens (including phenoxy) is 1. The van der Waals surface area contributed by atoms with Crippen LogP contribution in [0.4, 0.5) is 11.5 Å². The Bertz CT molecular complexity index is 869. The predicted octanol–water partition coefficient (Wildman–Crippen LogP) is 0.509. The molecule has 0 radical (unpaired) electrons. The van der Waals surface area contributed by atoms with E-state index in [1.54, 1.807) is 9.58 Å². The molecule has 2 aromatic heterocycles. The molecule has 1 aliphatic rings. The van der Waals surface area contributed by atoms with Gasteiger partial charge in [-0.3, -0.25) is 14.3 Å². The quantitative estimate of drug-likeness (QED) is 0.536. The standard InChI is InChI=1S/C16H21N7O5/c1-2-22-15(16(25)20-7-9-28-10-8-20)12(11-17-22)18-14(24)4-6-21-5-3-13(19-21)23(26)27/h3,5,11H,2,4,6-10H2,1H3,(H,18,24). The molecule has 1 fully saturated rings. The van der Waals surface area contributed by atoms with E-state index in [4.69, 9.17) is 4.74 Å². The first-order valence-electron chi connectivity index (χ1n) is 8.90. The van der Waals surface area contributed by atoms with Gasteiger partial charge in [-0.25, -0.2) is 0 Å². The van der Waals surface area contributed by atoms with Crippen LogP contribution in [0.25, 0.3) is 0 Å². The average Bonchev–Trinajstić information content (AvgIpc) is 3.33. The van der Waals surface area contributed by atoms with Crippen LogP contribution in [0.5, 0.6) is 0 Å². The zero-order valence-corrected chi connectivity index (χ0v) is 15.4. The minimum Gasteiger partial charge on any atom is -0.378 e. The molecule has 0 atom stereocenters. The van der Waals surface area contributed by atoms with E-state index in [0.29, 0.717) is 44.2 Å². The molecule has 28 heavy (non-hydrogen) atoms. The van der Waals surface area contributed by atoms with E-state index < -0.39 is 4.92 Å². The summed E-state index contributed by atoms with van der Waals surface area (Å²) in [4.78, 5) is 36.9. The van der Waals surface area contributed by atoms with Crippen molar-refractivity contribution >= 4 is 23.3 Å². The van der Waals surface area contributed by atoms with Gasteiger partial charge in [-0.15, -0.1) is 0 Å². The Kier molecular flexibility index (Phi) is 5.99. The zero-order chi connectivity index (χ0) is 20.1. The normalized spacial score (nSPS) is 14.1. The fraction of sp³-hybridized carbons (Fsp3) is 0.500. The minimum absolute atomic E-state index is 0.0430. The number of morpholine rings is 1. The van der Waals surface area contributed by atoms with Crippen LogP contribution in [0, 0.1) is 10.1 Å². The van der Waals surface area contributed by atoms with E-state index in [-0.39, 0.29) is 30.6 Å². The lowest BCUT2D eigenvalue weighted by molar-refractivity contribution is -0.389. The number of nitrogens with zero attached hydrogens (tertiary/aromatic N) is 6. The summed E-state index contributed by atoms with van der Waals surface area (Å²) < 4.78 is 8.14. The number of carbonyl (C=O) groups excluding carboxylic acids is 2. The third-order valence-electron chi connectivity index (χ3n) is 4.30. The molecule has 12 nitrogen and oxygen atoms in total. The van der Waals surface area contributed by atoms with E-state index in [2.05, 4.69) is 15.5 Å². The molecule has 0 saturated carbocycles. The molecule has 3 rings (SSSR count). The molecule has 0 unspecified atom stereocenters. The first kappa shape index (κ1) is 19.5. The third kappa shape index (κ3) is 4.34. The molecule has 12 heteroatoms. The SMILES string of the molecule is CCn1ncc(NC(=O)CCn2ccc([N+](=O)[O-])n2)c1C(=O)N1CCOCC1. The van der Waals surface area contributed by atoms with Gasteiger partial charge < -0.3 is 25.1 Å². The predicted molar refractivity (Wildman–Crippen MR) is 96.8 cm³/mol. The van der Waals surface area contributed by atoms with Crippen LogP contribution in [-0.2, 0) is 22.6 Å². The van der Waals surface area contributed by atoms with Crippen molar-refractivity contribution < 1.29 is 19.2 Å². The highest BCUT2D eigenvalue weighted by atomic mass is 16.6. The first-order valence-corrected chi connectivity index (χ1v) is 8.90. The molecule has 3 heterocycles. The molecule has 1 aliphatic heterocycles. The molecule has 0 aromatic carbocycles. The van der Waals surface area contributed by atoms with E-state index in [1.807, 2.05) is 6.92 Å². The monoisotopic (exact) mass is 391 g/mol. The third-order valence-corrected chi connectivity index (χ3v) is 4.30. The second kappa shape index (κ2) is 8.61. The van der Waals surface area contributed by atoms with Gasteiger partial charge in [0.1, 0.15) is 5.69 Å². The summed E-state index contributed by atoms with van der Waals surface area (Å²) >= 11 is 0. The van der Waals surface area contributed by atoms with Crippen LogP contribution in [0.2, 0.25) is 0 Å². The van der Waals surface area contributed by atoms with E-state index >= 15 is 0 Å². The Morgan fingerprint density at radius 2 is 2.11 bits per heavy atom. The number of nitrogens with one attached hydrogen (secondary N) is 1. The molecular formula is C16H21N7O5. The van der Waals surface area contributed by atoms with Crippen LogP contribution >= 0.6 is 0 Å². The number of aryl methyl sites for hydroxylation is 2. The molecule has 150 valence electrons. The van der Waals surface area contributed by atoms with Gasteiger partial charge in [0.25, 0.3) is 5.91 Å². The molecular weight excluding hydrogens is 370 g/mol. The number of aromatic nitrogens is 4. The fourth-order valence-electron chi connectivity index (χ4n) is 2.86. The van der Waals surface area contributed by atoms with Crippen LogP contribution in [-0.4, -0.2) is 67.5 Å². The summed E-state index contributed by atoms with van der Waals surface area (Å²) in [6.45, 7) is 4.44. The van der Waals surface area contributed by atoms with E-state index in [9.17, 15) is 19.7 Å². The summed E-state index contributed by atoms with van der Waals surface area (Å²) in [6, 6.07) is 1.27. The van der Waals surface area contributed by atoms with Crippen LogP contribution in [0.1, 0.15) is 23.8 Å². The summed E-state index contributed by atoms with van der Waals surface area (Å²) in [6.07, 6.45) is 2.93. The van der Waals surface area contributed by atoms with Crippen molar-refractivity contribution in [2.45, 2.75) is 26.4 Å². The lowest BCUT2D eigenvalue weighted by Gasteiger charge is -2.27. The van der Waals surface area contributed by atoms with Gasteiger partial charge in [-0.1, -0.05) is 0 Å². The van der Waals surface area contributed by atoms with Gasteiger partial charge in [-0.05, 0) is 11.8 Å². The van der Waals surface area contributed by atoms with Gasteiger partial charge in [-0.2, -0.15) is 9.78 Å². The summed E-state index contributed by atoms with van der Waals surface area (Å²) in [5, 5.41) is 21.3. The van der Waals surface area contributed by atoms with Gasteiger partial charge in [0.05, 0.1) is 49.0 Å². The molecule has 1 saturated heterocycles. The van der Waals surface area contributed by atoms with E-state index in [1.165, 1.54) is 23.1 Å². The number of carbonyl (C=O) groups is 2.